The average molecular weight is 547 g/mol. The first-order valence-electron chi connectivity index (χ1n) is 12.2. The summed E-state index contributed by atoms with van der Waals surface area (Å²) in [7, 11) is 0. The number of carboxylic acids is 2. The summed E-state index contributed by atoms with van der Waals surface area (Å²) in [5.41, 5.74) is 7.11. The first kappa shape index (κ1) is 30.8. The lowest BCUT2D eigenvalue weighted by atomic mass is 10.0. The molecule has 0 bridgehead atoms. The lowest BCUT2D eigenvalue weighted by Crippen LogP contribution is -2.58. The van der Waals surface area contributed by atoms with Crippen LogP contribution in [0.5, 0.6) is 5.75 Å². The zero-order chi connectivity index (χ0) is 29.1. The smallest absolute Gasteiger partial charge is 0.326 e. The van der Waals surface area contributed by atoms with E-state index < -0.39 is 60.2 Å². The first-order chi connectivity index (χ1) is 18.3. The molecule has 14 heteroatoms. The number of rotatable bonds is 15. The van der Waals surface area contributed by atoms with Gasteiger partial charge >= 0.3 is 11.9 Å². The number of carbonyl (C=O) groups is 5. The number of aromatic amines is 1. The number of hydrogen-bond donors (Lipinski definition) is 8. The fourth-order valence-corrected chi connectivity index (χ4v) is 3.70. The van der Waals surface area contributed by atoms with Crippen LogP contribution >= 0.6 is 0 Å². The number of H-pyrrole nitrogens is 1. The topological polar surface area (TPSA) is 237 Å². The lowest BCUT2D eigenvalue weighted by Gasteiger charge is -2.25. The number of carbonyl (C=O) groups excluding carboxylic acids is 3. The van der Waals surface area contributed by atoms with E-state index in [9.17, 15) is 39.3 Å². The van der Waals surface area contributed by atoms with Crippen LogP contribution in [0.15, 0.2) is 36.8 Å². The molecule has 1 heterocycles. The number of imidazole rings is 1. The van der Waals surface area contributed by atoms with Gasteiger partial charge in [-0.25, -0.2) is 9.78 Å². The van der Waals surface area contributed by atoms with E-state index in [0.29, 0.717) is 11.3 Å². The number of amides is 3. The fourth-order valence-electron chi connectivity index (χ4n) is 3.70. The van der Waals surface area contributed by atoms with Gasteiger partial charge in [0.2, 0.25) is 17.7 Å². The number of nitrogens with zero attached hydrogens (tertiary/aromatic N) is 1. The predicted molar refractivity (Wildman–Crippen MR) is 137 cm³/mol. The Morgan fingerprint density at radius 1 is 0.897 bits per heavy atom. The Bertz CT molecular complexity index is 1140. The van der Waals surface area contributed by atoms with E-state index in [0.717, 1.165) is 0 Å². The first-order valence-corrected chi connectivity index (χ1v) is 12.2. The van der Waals surface area contributed by atoms with Crippen LogP contribution in [0.1, 0.15) is 37.9 Å². The van der Waals surface area contributed by atoms with Crippen molar-refractivity contribution >= 4 is 29.7 Å². The molecule has 0 aliphatic rings. The third-order valence-corrected chi connectivity index (χ3v) is 5.67. The van der Waals surface area contributed by atoms with Crippen LogP contribution in [-0.2, 0) is 36.8 Å². The number of phenols is 1. The Morgan fingerprint density at radius 3 is 2.03 bits per heavy atom. The highest BCUT2D eigenvalue weighted by Crippen LogP contribution is 2.12. The Hall–Kier alpha value is -4.46. The zero-order valence-corrected chi connectivity index (χ0v) is 21.6. The van der Waals surface area contributed by atoms with Crippen LogP contribution in [0.4, 0.5) is 0 Å². The van der Waals surface area contributed by atoms with Gasteiger partial charge in [0.15, 0.2) is 0 Å². The molecule has 4 atom stereocenters. The third-order valence-electron chi connectivity index (χ3n) is 5.67. The molecule has 1 aromatic heterocycles. The van der Waals surface area contributed by atoms with Gasteiger partial charge in [-0.1, -0.05) is 26.0 Å². The van der Waals surface area contributed by atoms with Crippen LogP contribution in [-0.4, -0.2) is 79.1 Å². The van der Waals surface area contributed by atoms with Crippen LogP contribution in [0, 0.1) is 5.92 Å². The summed E-state index contributed by atoms with van der Waals surface area (Å²) in [6.07, 6.45) is 2.18. The third kappa shape index (κ3) is 10.4. The highest BCUT2D eigenvalue weighted by molar-refractivity contribution is 5.95. The van der Waals surface area contributed by atoms with Crippen molar-refractivity contribution in [3.8, 4) is 5.75 Å². The molecule has 39 heavy (non-hydrogen) atoms. The number of benzene rings is 1. The summed E-state index contributed by atoms with van der Waals surface area (Å²) in [6.45, 7) is 3.51. The predicted octanol–water partition coefficient (Wildman–Crippen LogP) is -0.712. The summed E-state index contributed by atoms with van der Waals surface area (Å²) in [5, 5.41) is 35.4. The molecular formula is C25H34N6O8. The van der Waals surface area contributed by atoms with E-state index in [1.165, 1.54) is 36.8 Å². The number of carboxylic acid groups (broad SMARTS) is 2. The molecule has 2 rings (SSSR count). The van der Waals surface area contributed by atoms with E-state index in [-0.39, 0.29) is 30.9 Å². The van der Waals surface area contributed by atoms with Crippen molar-refractivity contribution in [1.29, 1.82) is 0 Å². The number of aromatic nitrogens is 2. The van der Waals surface area contributed by atoms with E-state index in [4.69, 9.17) is 5.73 Å². The van der Waals surface area contributed by atoms with Gasteiger partial charge in [-0.2, -0.15) is 0 Å². The molecule has 4 unspecified atom stereocenters. The molecule has 212 valence electrons. The minimum Gasteiger partial charge on any atom is -0.508 e. The molecule has 0 spiro atoms. The summed E-state index contributed by atoms with van der Waals surface area (Å²) < 4.78 is 0. The van der Waals surface area contributed by atoms with Crippen molar-refractivity contribution in [1.82, 2.24) is 25.9 Å². The second kappa shape index (κ2) is 14.5. The average Bonchev–Trinajstić information content (AvgIpc) is 3.36. The van der Waals surface area contributed by atoms with Gasteiger partial charge in [0.1, 0.15) is 23.9 Å². The van der Waals surface area contributed by atoms with Crippen LogP contribution in [0.2, 0.25) is 0 Å². The molecule has 0 saturated carbocycles. The molecule has 1 aromatic carbocycles. The number of nitrogens with one attached hydrogen (secondary N) is 4. The molecular weight excluding hydrogens is 512 g/mol. The summed E-state index contributed by atoms with van der Waals surface area (Å²) in [4.78, 5) is 68.6. The van der Waals surface area contributed by atoms with Crippen LogP contribution in [0.3, 0.4) is 0 Å². The second-order valence-electron chi connectivity index (χ2n) is 9.51. The van der Waals surface area contributed by atoms with E-state index in [1.54, 1.807) is 13.8 Å². The van der Waals surface area contributed by atoms with Gasteiger partial charge < -0.3 is 42.0 Å². The highest BCUT2D eigenvalue weighted by atomic mass is 16.4. The fraction of sp³-hybridized carbons (Fsp3) is 0.440. The Labute approximate surface area is 224 Å². The molecule has 0 aliphatic carbocycles. The van der Waals surface area contributed by atoms with E-state index in [1.807, 2.05) is 0 Å². The largest absolute Gasteiger partial charge is 0.508 e. The van der Waals surface area contributed by atoms with Crippen molar-refractivity contribution in [2.45, 2.75) is 63.7 Å². The van der Waals surface area contributed by atoms with E-state index >= 15 is 0 Å². The molecule has 0 fully saturated rings. The Kier molecular flexibility index (Phi) is 11.4. The number of aliphatic carboxylic acids is 2. The lowest BCUT2D eigenvalue weighted by molar-refractivity contribution is -0.144. The van der Waals surface area contributed by atoms with Crippen molar-refractivity contribution in [3.05, 3.63) is 48.0 Å². The van der Waals surface area contributed by atoms with Gasteiger partial charge in [-0.3, -0.25) is 19.2 Å². The molecule has 14 nitrogen and oxygen atoms in total. The molecule has 3 amide bonds. The molecule has 2 aromatic rings. The van der Waals surface area contributed by atoms with E-state index in [2.05, 4.69) is 25.9 Å². The zero-order valence-electron chi connectivity index (χ0n) is 21.6. The number of aromatic hydroxyl groups is 1. The molecule has 0 radical (unpaired) electrons. The van der Waals surface area contributed by atoms with Gasteiger partial charge in [0, 0.05) is 24.7 Å². The highest BCUT2D eigenvalue weighted by Gasteiger charge is 2.32. The van der Waals surface area contributed by atoms with Gasteiger partial charge in [0.05, 0.1) is 18.8 Å². The summed E-state index contributed by atoms with van der Waals surface area (Å²) >= 11 is 0. The Morgan fingerprint density at radius 2 is 1.49 bits per heavy atom. The monoisotopic (exact) mass is 546 g/mol. The van der Waals surface area contributed by atoms with Gasteiger partial charge in [-0.15, -0.1) is 0 Å². The maximum atomic E-state index is 13.3. The maximum Gasteiger partial charge on any atom is 0.326 e. The minimum atomic E-state index is -1.62. The normalized spacial score (nSPS) is 14.1. The summed E-state index contributed by atoms with van der Waals surface area (Å²) in [5.74, 6) is -5.39. The van der Waals surface area contributed by atoms with Crippen molar-refractivity contribution in [3.63, 3.8) is 0 Å². The number of phenolic OH excluding ortho intramolecular Hbond substituents is 1. The van der Waals surface area contributed by atoms with Crippen LogP contribution < -0.4 is 21.7 Å². The number of hydrogen-bond acceptors (Lipinski definition) is 8. The van der Waals surface area contributed by atoms with Crippen molar-refractivity contribution < 1.29 is 39.3 Å². The SMILES string of the molecule is CC(C)CC(NC(=O)C(CC(=O)O)NC(=O)C(Cc1ccc(O)cc1)NC(=O)C(N)Cc1cnc[nH]1)C(=O)O. The molecule has 9 N–H and O–H groups in total. The second-order valence-corrected chi connectivity index (χ2v) is 9.51. The molecule has 0 aliphatic heterocycles. The number of nitrogens with two attached hydrogens (primary N) is 1. The minimum absolute atomic E-state index is 0.0158. The summed E-state index contributed by atoms with van der Waals surface area (Å²) in [6, 6.07) is 0.556. The van der Waals surface area contributed by atoms with Crippen molar-refractivity contribution in [2.24, 2.45) is 11.7 Å². The van der Waals surface area contributed by atoms with Gasteiger partial charge in [-0.05, 0) is 30.0 Å². The maximum absolute atomic E-state index is 13.3. The Balaban J connectivity index is 2.23. The van der Waals surface area contributed by atoms with Crippen molar-refractivity contribution in [2.75, 3.05) is 0 Å². The van der Waals surface area contributed by atoms with Crippen LogP contribution in [0.25, 0.3) is 0 Å². The van der Waals surface area contributed by atoms with Gasteiger partial charge in [0.25, 0.3) is 0 Å². The quantitative estimate of drug-likeness (QED) is 0.140. The molecule has 0 saturated heterocycles. The standard InChI is InChI=1S/C25H34N6O8/c1-13(2)7-20(25(38)39)31-24(37)19(10-21(33)34)30-23(36)18(8-14-3-5-16(32)6-4-14)29-22(35)17(26)9-15-11-27-12-28-15/h3-6,11-13,17-20,32H,7-10,26H2,1-2H3,(H,27,28)(H,29,35)(H,30,36)(H,31,37)(H,33,34)(H,38,39).